The first-order chi connectivity index (χ1) is 24.6. The fraction of sp³-hybridized carbons (Fsp3) is 0.0435. The van der Waals surface area contributed by atoms with Crippen LogP contribution in [0.15, 0.2) is 186 Å². The summed E-state index contributed by atoms with van der Waals surface area (Å²) in [4.78, 5) is 9.96. The molecule has 2 N–H and O–H groups in total. The number of fused-ring (bicyclic) bond motifs is 3. The number of hydrogen-bond acceptors (Lipinski definition) is 2. The maximum Gasteiger partial charge on any atom is 0.157 e. The van der Waals surface area contributed by atoms with Crippen molar-refractivity contribution in [3.63, 3.8) is 0 Å². The lowest BCUT2D eigenvalue weighted by atomic mass is 9.98. The van der Waals surface area contributed by atoms with Crippen LogP contribution >= 0.6 is 11.3 Å². The van der Waals surface area contributed by atoms with Gasteiger partial charge in [-0.15, -0.1) is 11.3 Å². The van der Waals surface area contributed by atoms with Gasteiger partial charge in [0.05, 0.1) is 6.04 Å². The maximum absolute atomic E-state index is 6.77. The van der Waals surface area contributed by atoms with E-state index in [1.54, 1.807) is 0 Å². The molecule has 0 radical (unpaired) electrons. The van der Waals surface area contributed by atoms with Crippen LogP contribution in [-0.2, 0) is 0 Å². The number of thiophene rings is 1. The zero-order chi connectivity index (χ0) is 33.9. The van der Waals surface area contributed by atoms with Crippen molar-refractivity contribution in [2.45, 2.75) is 13.0 Å². The molecule has 0 aliphatic carbocycles. The third-order valence-corrected chi connectivity index (χ3v) is 10.4. The van der Waals surface area contributed by atoms with Gasteiger partial charge in [0.25, 0.3) is 0 Å². The van der Waals surface area contributed by atoms with Crippen LogP contribution in [0.25, 0.3) is 53.6 Å². The highest BCUT2D eigenvalue weighted by Gasteiger charge is 2.15. The molecule has 0 saturated carbocycles. The van der Waals surface area contributed by atoms with Gasteiger partial charge in [-0.3, -0.25) is 4.99 Å². The monoisotopic (exact) mass is 661 g/mol. The zero-order valence-corrected chi connectivity index (χ0v) is 28.5. The number of aliphatic imine (C=N–C) groups is 2. The molecule has 1 atom stereocenters. The van der Waals surface area contributed by atoms with Crippen molar-refractivity contribution in [1.82, 2.24) is 0 Å². The van der Waals surface area contributed by atoms with Gasteiger partial charge in [0.15, 0.2) is 5.84 Å². The number of benzene rings is 7. The van der Waals surface area contributed by atoms with E-state index in [9.17, 15) is 0 Å². The quantitative estimate of drug-likeness (QED) is 0.134. The summed E-state index contributed by atoms with van der Waals surface area (Å²) < 4.78 is 2.54. The lowest BCUT2D eigenvalue weighted by Crippen LogP contribution is -2.16. The van der Waals surface area contributed by atoms with Gasteiger partial charge in [-0.25, -0.2) is 4.99 Å². The number of amidine groups is 2. The van der Waals surface area contributed by atoms with Gasteiger partial charge < -0.3 is 5.73 Å². The number of nitrogens with two attached hydrogens (primary N) is 1. The number of nitrogens with zero attached hydrogens (tertiary/aromatic N) is 2. The van der Waals surface area contributed by atoms with Gasteiger partial charge in [0, 0.05) is 31.3 Å². The lowest BCUT2D eigenvalue weighted by Gasteiger charge is -2.11. The molecule has 0 amide bonds. The Hall–Kier alpha value is -6.10. The summed E-state index contributed by atoms with van der Waals surface area (Å²) in [6.07, 6.45) is 0. The number of rotatable bonds is 7. The molecule has 1 unspecified atom stereocenters. The van der Waals surface area contributed by atoms with Crippen LogP contribution in [0.4, 0.5) is 0 Å². The molecule has 50 heavy (non-hydrogen) atoms. The van der Waals surface area contributed by atoms with Crippen molar-refractivity contribution in [3.05, 3.63) is 193 Å². The molecule has 0 fully saturated rings. The summed E-state index contributed by atoms with van der Waals surface area (Å²) in [6, 6.07) is 61.3. The molecule has 4 heteroatoms. The SMILES string of the molecule is CC(N=C(N=C(N)c1cccc(-c2cccc3c2sc2c(-c4ccc(-c5ccccc5)cc4)cccc23)c1)c1ccccc1)c1ccccc1. The van der Waals surface area contributed by atoms with Crippen LogP contribution in [0.2, 0.25) is 0 Å². The second kappa shape index (κ2) is 13.8. The Labute approximate surface area is 296 Å². The van der Waals surface area contributed by atoms with Crippen LogP contribution in [0.5, 0.6) is 0 Å². The van der Waals surface area contributed by atoms with Crippen molar-refractivity contribution in [1.29, 1.82) is 0 Å². The third-order valence-electron chi connectivity index (χ3n) is 9.15. The number of hydrogen-bond donors (Lipinski definition) is 1. The topological polar surface area (TPSA) is 50.7 Å². The van der Waals surface area contributed by atoms with E-state index in [1.807, 2.05) is 65.9 Å². The van der Waals surface area contributed by atoms with Crippen LogP contribution < -0.4 is 5.73 Å². The minimum atomic E-state index is -0.0773. The highest BCUT2D eigenvalue weighted by molar-refractivity contribution is 7.26. The molecule has 8 rings (SSSR count). The summed E-state index contributed by atoms with van der Waals surface area (Å²) in [5, 5.41) is 2.52. The highest BCUT2D eigenvalue weighted by atomic mass is 32.1. The van der Waals surface area contributed by atoms with Crippen molar-refractivity contribution >= 4 is 43.2 Å². The summed E-state index contributed by atoms with van der Waals surface area (Å²) in [5.41, 5.74) is 16.9. The van der Waals surface area contributed by atoms with Crippen molar-refractivity contribution in [2.24, 2.45) is 15.7 Å². The van der Waals surface area contributed by atoms with Crippen molar-refractivity contribution in [3.8, 4) is 33.4 Å². The molecule has 3 nitrogen and oxygen atoms in total. The van der Waals surface area contributed by atoms with Crippen LogP contribution in [0.3, 0.4) is 0 Å². The molecule has 0 spiro atoms. The molecular formula is C46H35N3S. The van der Waals surface area contributed by atoms with Gasteiger partial charge in [0.2, 0.25) is 0 Å². The van der Waals surface area contributed by atoms with E-state index in [4.69, 9.17) is 15.7 Å². The summed E-state index contributed by atoms with van der Waals surface area (Å²) >= 11 is 1.85. The molecule has 1 heterocycles. The second-order valence-electron chi connectivity index (χ2n) is 12.4. The fourth-order valence-electron chi connectivity index (χ4n) is 6.52. The normalized spacial score (nSPS) is 12.7. The zero-order valence-electron chi connectivity index (χ0n) is 27.7. The van der Waals surface area contributed by atoms with Crippen LogP contribution in [0, 0.1) is 0 Å². The Morgan fingerprint density at radius 2 is 1.00 bits per heavy atom. The fourth-order valence-corrected chi connectivity index (χ4v) is 7.89. The molecule has 8 aromatic rings. The lowest BCUT2D eigenvalue weighted by molar-refractivity contribution is 0.818. The van der Waals surface area contributed by atoms with E-state index in [2.05, 4.69) is 128 Å². The molecular weight excluding hydrogens is 627 g/mol. The van der Waals surface area contributed by atoms with Crippen LogP contribution in [0.1, 0.15) is 29.7 Å². The molecule has 0 aliphatic rings. The first-order valence-electron chi connectivity index (χ1n) is 16.9. The third kappa shape index (κ3) is 6.25. The Morgan fingerprint density at radius 3 is 1.66 bits per heavy atom. The van der Waals surface area contributed by atoms with Gasteiger partial charge in [-0.1, -0.05) is 170 Å². The summed E-state index contributed by atoms with van der Waals surface area (Å²) in [5.74, 6) is 1.04. The maximum atomic E-state index is 6.77. The average Bonchev–Trinajstić information content (AvgIpc) is 3.58. The van der Waals surface area contributed by atoms with Crippen LogP contribution in [-0.4, -0.2) is 11.7 Å². The Bertz CT molecular complexity index is 2480. The van der Waals surface area contributed by atoms with E-state index in [0.29, 0.717) is 11.7 Å². The highest BCUT2D eigenvalue weighted by Crippen LogP contribution is 2.44. The van der Waals surface area contributed by atoms with Gasteiger partial charge >= 0.3 is 0 Å². The van der Waals surface area contributed by atoms with E-state index in [-0.39, 0.29) is 6.04 Å². The summed E-state index contributed by atoms with van der Waals surface area (Å²) in [7, 11) is 0. The first-order valence-corrected chi connectivity index (χ1v) is 17.7. The second-order valence-corrected chi connectivity index (χ2v) is 13.4. The molecule has 240 valence electrons. The predicted molar refractivity (Wildman–Crippen MR) is 214 cm³/mol. The molecule has 0 aliphatic heterocycles. The van der Waals surface area contributed by atoms with Crippen molar-refractivity contribution < 1.29 is 0 Å². The van der Waals surface area contributed by atoms with Gasteiger partial charge in [-0.2, -0.15) is 0 Å². The van der Waals surface area contributed by atoms with Gasteiger partial charge in [-0.05, 0) is 51.9 Å². The summed E-state index contributed by atoms with van der Waals surface area (Å²) in [6.45, 7) is 2.08. The largest absolute Gasteiger partial charge is 0.383 e. The predicted octanol–water partition coefficient (Wildman–Crippen LogP) is 12.0. The van der Waals surface area contributed by atoms with Gasteiger partial charge in [0.1, 0.15) is 5.84 Å². The average molecular weight is 662 g/mol. The first kappa shape index (κ1) is 31.2. The minimum Gasteiger partial charge on any atom is -0.383 e. The Kier molecular flexibility index (Phi) is 8.60. The van der Waals surface area contributed by atoms with E-state index in [0.717, 1.165) is 22.3 Å². The molecule has 7 aromatic carbocycles. The van der Waals surface area contributed by atoms with E-state index < -0.39 is 0 Å². The standard InChI is InChI=1S/C46H35N3S/c1-31(32-14-5-2-6-15-32)48-46(36-18-9-4-10-19-36)49-45(47)38-21-11-20-37(30-38)40-23-13-25-42-41-24-12-22-39(43(41)50-44(40)42)35-28-26-34(27-29-35)33-16-7-3-8-17-33/h2-31H,1H3,(H2,47,48,49). The smallest absolute Gasteiger partial charge is 0.157 e. The Balaban J connectivity index is 1.17. The molecule has 1 aromatic heterocycles. The Morgan fingerprint density at radius 1 is 0.500 bits per heavy atom. The molecule has 0 saturated heterocycles. The molecule has 0 bridgehead atoms. The van der Waals surface area contributed by atoms with E-state index in [1.165, 1.54) is 48.0 Å². The minimum absolute atomic E-state index is 0.0773. The van der Waals surface area contributed by atoms with E-state index >= 15 is 0 Å². The van der Waals surface area contributed by atoms with Crippen molar-refractivity contribution in [2.75, 3.05) is 0 Å².